The first-order valence-electron chi connectivity index (χ1n) is 10.4. The number of urea groups is 1. The number of carbonyl (C=O) groups excluding carboxylic acids is 1. The van der Waals surface area contributed by atoms with E-state index < -0.39 is 6.03 Å². The average Bonchev–Trinajstić information content (AvgIpc) is 3.33. The lowest BCUT2D eigenvalue weighted by atomic mass is 10.1. The molecule has 0 aliphatic rings. The van der Waals surface area contributed by atoms with E-state index in [1.165, 1.54) is 6.21 Å². The van der Waals surface area contributed by atoms with Crippen molar-refractivity contribution in [1.29, 1.82) is 5.41 Å². The molecule has 170 valence electrons. The topological polar surface area (TPSA) is 121 Å². The lowest BCUT2D eigenvalue weighted by Gasteiger charge is -2.20. The highest BCUT2D eigenvalue weighted by Gasteiger charge is 2.16. The number of anilines is 3. The summed E-state index contributed by atoms with van der Waals surface area (Å²) in [7, 11) is 0. The number of aromatic nitrogens is 4. The Morgan fingerprint density at radius 3 is 2.76 bits per heavy atom. The van der Waals surface area contributed by atoms with E-state index in [9.17, 15) is 4.79 Å². The first kappa shape index (κ1) is 21.7. The monoisotopic (exact) mass is 444 g/mol. The number of imidazole rings is 1. The molecule has 9 nitrogen and oxygen atoms in total. The van der Waals surface area contributed by atoms with E-state index in [1.807, 2.05) is 60.2 Å². The zero-order valence-electron chi connectivity index (χ0n) is 18.1. The quantitative estimate of drug-likeness (QED) is 0.292. The van der Waals surface area contributed by atoms with Crippen LogP contribution in [0, 0.1) is 12.3 Å². The molecule has 0 spiro atoms. The van der Waals surface area contributed by atoms with Crippen molar-refractivity contribution in [3.8, 4) is 0 Å². The highest BCUT2D eigenvalue weighted by atomic mass is 16.2. The van der Waals surface area contributed by atoms with Crippen molar-refractivity contribution >= 4 is 29.4 Å². The van der Waals surface area contributed by atoms with Gasteiger partial charge in [0.2, 0.25) is 0 Å². The second kappa shape index (κ2) is 10.2. The molecular weight excluding hydrogens is 416 g/mol. The molecular formula is C24H28N8O. The van der Waals surface area contributed by atoms with E-state index >= 15 is 0 Å². The van der Waals surface area contributed by atoms with Crippen LogP contribution >= 0.6 is 0 Å². The summed E-state index contributed by atoms with van der Waals surface area (Å²) < 4.78 is 1.91. The molecule has 4 rings (SSSR count). The van der Waals surface area contributed by atoms with Crippen molar-refractivity contribution in [1.82, 2.24) is 24.8 Å². The summed E-state index contributed by atoms with van der Waals surface area (Å²) in [6, 6.07) is 14.5. The third-order valence-corrected chi connectivity index (χ3v) is 4.97. The van der Waals surface area contributed by atoms with Crippen LogP contribution in [-0.4, -0.2) is 31.8 Å². The molecule has 0 radical (unpaired) electrons. The minimum atomic E-state index is -0.391. The van der Waals surface area contributed by atoms with Crippen molar-refractivity contribution < 1.29 is 7.65 Å². The molecule has 4 aromatic rings. The summed E-state index contributed by atoms with van der Waals surface area (Å²) in [6.07, 6.45) is 9.78. The van der Waals surface area contributed by atoms with E-state index in [0.29, 0.717) is 23.6 Å². The molecule has 0 aliphatic carbocycles. The van der Waals surface area contributed by atoms with Crippen LogP contribution in [0.25, 0.3) is 0 Å². The lowest BCUT2D eigenvalue weighted by Crippen LogP contribution is -2.35. The summed E-state index contributed by atoms with van der Waals surface area (Å²) in [5, 5.41) is 16.8. The zero-order valence-corrected chi connectivity index (χ0v) is 18.1. The first-order chi connectivity index (χ1) is 16.1. The number of pyridine rings is 2. The van der Waals surface area contributed by atoms with Crippen LogP contribution in [0.5, 0.6) is 0 Å². The van der Waals surface area contributed by atoms with Gasteiger partial charge in [-0.2, -0.15) is 0 Å². The van der Waals surface area contributed by atoms with E-state index in [1.54, 1.807) is 31.0 Å². The number of hydrogen-bond donors (Lipinski definition) is 4. The van der Waals surface area contributed by atoms with Crippen molar-refractivity contribution in [3.63, 3.8) is 0 Å². The number of amides is 2. The van der Waals surface area contributed by atoms with Gasteiger partial charge < -0.3 is 20.6 Å². The van der Waals surface area contributed by atoms with Crippen LogP contribution < -0.4 is 16.0 Å². The predicted octanol–water partition coefficient (Wildman–Crippen LogP) is 4.78. The summed E-state index contributed by atoms with van der Waals surface area (Å²) in [6.45, 7) is 2.44. The molecule has 1 aromatic carbocycles. The molecule has 9 heteroatoms. The zero-order chi connectivity index (χ0) is 23.0. The summed E-state index contributed by atoms with van der Waals surface area (Å²) >= 11 is 0. The Morgan fingerprint density at radius 1 is 1.18 bits per heavy atom. The number of aryl methyl sites for hydroxylation is 1. The number of hydrogen-bond acceptors (Lipinski definition) is 6. The Hall–Kier alpha value is -4.53. The number of benzene rings is 1. The van der Waals surface area contributed by atoms with Crippen LogP contribution in [0.2, 0.25) is 0 Å². The fourth-order valence-electron chi connectivity index (χ4n) is 3.38. The second-order valence-corrected chi connectivity index (χ2v) is 7.43. The molecule has 4 N–H and O–H groups in total. The van der Waals surface area contributed by atoms with Gasteiger partial charge in [0, 0.05) is 51.1 Å². The van der Waals surface area contributed by atoms with Crippen LogP contribution in [0.1, 0.15) is 25.7 Å². The number of rotatable bonds is 8. The molecule has 0 bridgehead atoms. The van der Waals surface area contributed by atoms with Crippen LogP contribution in [0.15, 0.2) is 79.6 Å². The average molecular weight is 445 g/mol. The van der Waals surface area contributed by atoms with E-state index in [-0.39, 0.29) is 8.90 Å². The molecule has 1 atom stereocenters. The Bertz CT molecular complexity index is 1240. The van der Waals surface area contributed by atoms with Crippen molar-refractivity contribution in [2.45, 2.75) is 19.5 Å². The Balaban J connectivity index is 0.00000216. The molecule has 0 aliphatic heterocycles. The van der Waals surface area contributed by atoms with E-state index in [2.05, 4.69) is 30.9 Å². The van der Waals surface area contributed by atoms with E-state index in [4.69, 9.17) is 5.41 Å². The lowest BCUT2D eigenvalue weighted by molar-refractivity contribution is 0.247. The van der Waals surface area contributed by atoms with Gasteiger partial charge in [0.1, 0.15) is 5.82 Å². The standard InChI is InChI=1S/C24H24N8O.2H2/c1-17-11-20(7-8-27-17)29-21-14-28-23(12-19(21)13-25)31-24(33)30-22(15-32-10-9-26-16-32)18-5-3-2-4-6-18;;/h2-14,16,22,25H,15H2,1H3,(H,27,29)(H2,28,30,31,33);2*1H/t22-;;/m1../s1. The Morgan fingerprint density at radius 2 is 2.03 bits per heavy atom. The SMILES string of the molecule is Cc1cc(Nc2cnc(NC(=O)N[C@H](Cn3ccnc3)c3ccccc3)cc2C=N)ccn1.[HH].[HH]. The van der Waals surface area contributed by atoms with Gasteiger partial charge in [-0.15, -0.1) is 0 Å². The fourth-order valence-corrected chi connectivity index (χ4v) is 3.38. The third-order valence-electron chi connectivity index (χ3n) is 4.97. The number of carbonyl (C=O) groups is 1. The maximum absolute atomic E-state index is 12.8. The number of nitrogens with one attached hydrogen (secondary N) is 4. The van der Waals surface area contributed by atoms with Gasteiger partial charge in [-0.1, -0.05) is 30.3 Å². The summed E-state index contributed by atoms with van der Waals surface area (Å²) in [5.74, 6) is 0.344. The normalized spacial score (nSPS) is 11.4. The largest absolute Gasteiger partial charge is 0.354 e. The highest BCUT2D eigenvalue weighted by molar-refractivity contribution is 5.92. The molecule has 0 saturated carbocycles. The van der Waals surface area contributed by atoms with Crippen molar-refractivity contribution in [2.24, 2.45) is 0 Å². The van der Waals surface area contributed by atoms with Crippen LogP contribution in [0.3, 0.4) is 0 Å². The molecule has 33 heavy (non-hydrogen) atoms. The Labute approximate surface area is 194 Å². The molecule has 2 amide bonds. The van der Waals surface area contributed by atoms with Gasteiger partial charge >= 0.3 is 6.03 Å². The Kier molecular flexibility index (Phi) is 6.70. The minimum absolute atomic E-state index is 0. The maximum atomic E-state index is 12.8. The van der Waals surface area contributed by atoms with Gasteiger partial charge in [-0.3, -0.25) is 10.3 Å². The predicted molar refractivity (Wildman–Crippen MR) is 132 cm³/mol. The third kappa shape index (κ3) is 5.79. The van der Waals surface area contributed by atoms with Gasteiger partial charge in [-0.05, 0) is 30.7 Å². The molecule has 0 saturated heterocycles. The van der Waals surface area contributed by atoms with Gasteiger partial charge in [-0.25, -0.2) is 14.8 Å². The fraction of sp³-hybridized carbons (Fsp3) is 0.125. The molecule has 0 unspecified atom stereocenters. The van der Waals surface area contributed by atoms with Gasteiger partial charge in [0.15, 0.2) is 0 Å². The molecule has 3 aromatic heterocycles. The second-order valence-electron chi connectivity index (χ2n) is 7.43. The van der Waals surface area contributed by atoms with Crippen molar-refractivity contribution in [2.75, 3.05) is 10.6 Å². The maximum Gasteiger partial charge on any atom is 0.320 e. The van der Waals surface area contributed by atoms with Crippen LogP contribution in [-0.2, 0) is 6.54 Å². The van der Waals surface area contributed by atoms with Gasteiger partial charge in [0.05, 0.1) is 24.3 Å². The minimum Gasteiger partial charge on any atom is -0.354 e. The van der Waals surface area contributed by atoms with Crippen LogP contribution in [0.4, 0.5) is 22.0 Å². The smallest absolute Gasteiger partial charge is 0.320 e. The highest BCUT2D eigenvalue weighted by Crippen LogP contribution is 2.22. The number of nitrogens with zero attached hydrogens (tertiary/aromatic N) is 4. The van der Waals surface area contributed by atoms with Crippen molar-refractivity contribution in [3.05, 3.63) is 96.5 Å². The first-order valence-corrected chi connectivity index (χ1v) is 10.4. The molecule has 3 heterocycles. The van der Waals surface area contributed by atoms with Gasteiger partial charge in [0.25, 0.3) is 0 Å². The summed E-state index contributed by atoms with van der Waals surface area (Å²) in [4.78, 5) is 25.4. The summed E-state index contributed by atoms with van der Waals surface area (Å²) in [5.41, 5.74) is 3.94. The molecule has 0 fully saturated rings. The van der Waals surface area contributed by atoms with E-state index in [0.717, 1.165) is 16.9 Å².